The van der Waals surface area contributed by atoms with E-state index in [1.807, 2.05) is 0 Å². The summed E-state index contributed by atoms with van der Waals surface area (Å²) < 4.78 is 11.1. The Morgan fingerprint density at radius 2 is 2.33 bits per heavy atom. The van der Waals surface area contributed by atoms with E-state index in [2.05, 4.69) is 15.6 Å². The van der Waals surface area contributed by atoms with Gasteiger partial charge >= 0.3 is 50.5 Å². The monoisotopic (exact) mass is 218 g/mol. The maximum atomic E-state index is 11.1. The SMILES string of the molecule is F[Se]C=CC=[Se]. The number of hydrogen-bond donors (Lipinski definition) is 0. The van der Waals surface area contributed by atoms with Gasteiger partial charge in [-0.3, -0.25) is 0 Å². The molecular weight excluding hydrogens is 213 g/mol. The normalized spacial score (nSPS) is 9.50. The van der Waals surface area contributed by atoms with Gasteiger partial charge in [-0.05, 0) is 0 Å². The summed E-state index contributed by atoms with van der Waals surface area (Å²) in [5, 5.41) is 0. The fraction of sp³-hybridized carbons (Fsp3) is 0. The molecule has 3 heteroatoms. The van der Waals surface area contributed by atoms with Crippen molar-refractivity contribution in [3.63, 3.8) is 0 Å². The molecule has 0 atom stereocenters. The molecule has 0 fully saturated rings. The van der Waals surface area contributed by atoms with E-state index in [9.17, 15) is 3.55 Å². The molecule has 0 bridgehead atoms. The fourth-order valence-corrected chi connectivity index (χ4v) is 1.02. The van der Waals surface area contributed by atoms with E-state index in [0.29, 0.717) is 0 Å². The third kappa shape index (κ3) is 4.58. The zero-order chi connectivity index (χ0) is 4.83. The van der Waals surface area contributed by atoms with Crippen molar-refractivity contribution in [2.45, 2.75) is 0 Å². The molecule has 0 aliphatic rings. The number of halogens is 1. The Balaban J connectivity index is 2.94. The third-order valence-corrected chi connectivity index (χ3v) is 1.08. The van der Waals surface area contributed by atoms with Gasteiger partial charge in [0.2, 0.25) is 0 Å². The van der Waals surface area contributed by atoms with Crippen molar-refractivity contribution in [2.75, 3.05) is 0 Å². The first kappa shape index (κ1) is 6.58. The van der Waals surface area contributed by atoms with Crippen molar-refractivity contribution in [3.8, 4) is 0 Å². The standard InChI is InChI=1S/C3H3FSe2/c4-6-3-1-2-5/h1-3H. The quantitative estimate of drug-likeness (QED) is 0.572. The van der Waals surface area contributed by atoms with Crippen LogP contribution in [0.15, 0.2) is 11.1 Å². The van der Waals surface area contributed by atoms with Gasteiger partial charge in [0.05, 0.1) is 0 Å². The van der Waals surface area contributed by atoms with Crippen LogP contribution in [0.5, 0.6) is 0 Å². The van der Waals surface area contributed by atoms with Crippen molar-refractivity contribution < 1.29 is 3.55 Å². The molecule has 6 heavy (non-hydrogen) atoms. The van der Waals surface area contributed by atoms with E-state index in [1.165, 1.54) is 4.97 Å². The van der Waals surface area contributed by atoms with Crippen LogP contribution in [0.4, 0.5) is 3.55 Å². The molecule has 0 amide bonds. The summed E-state index contributed by atoms with van der Waals surface area (Å²) >= 11 is 1.80. The van der Waals surface area contributed by atoms with E-state index in [4.69, 9.17) is 0 Å². The number of allylic oxidation sites excluding steroid dienone is 1. The first-order valence-corrected chi connectivity index (χ1v) is 3.92. The molecule has 0 N–H and O–H groups in total. The summed E-state index contributed by atoms with van der Waals surface area (Å²) in [4.78, 5) is 3.17. The van der Waals surface area contributed by atoms with Gasteiger partial charge in [0.1, 0.15) is 0 Å². The van der Waals surface area contributed by atoms with Crippen LogP contribution in [0, 0.1) is 0 Å². The summed E-state index contributed by atoms with van der Waals surface area (Å²) in [6, 6.07) is 0. The van der Waals surface area contributed by atoms with Crippen LogP contribution in [-0.4, -0.2) is 35.9 Å². The van der Waals surface area contributed by atoms with Crippen LogP contribution in [0.1, 0.15) is 0 Å². The molecule has 0 aliphatic heterocycles. The third-order valence-electron chi connectivity index (χ3n) is 0.209. The van der Waals surface area contributed by atoms with Crippen molar-refractivity contribution >= 4 is 35.9 Å². The Morgan fingerprint density at radius 1 is 1.67 bits per heavy atom. The molecule has 0 aromatic heterocycles. The van der Waals surface area contributed by atoms with E-state index in [1.54, 1.807) is 11.0 Å². The van der Waals surface area contributed by atoms with E-state index in [-0.39, 0.29) is 0 Å². The second-order valence-corrected chi connectivity index (χ2v) is 2.07. The van der Waals surface area contributed by atoms with Crippen LogP contribution in [0.3, 0.4) is 0 Å². The van der Waals surface area contributed by atoms with Crippen LogP contribution >= 0.6 is 0 Å². The summed E-state index contributed by atoms with van der Waals surface area (Å²) in [6.45, 7) is 0. The Bertz CT molecular complexity index is 59.8. The molecule has 0 nitrogen and oxygen atoms in total. The molecule has 0 heterocycles. The molecule has 0 aromatic rings. The van der Waals surface area contributed by atoms with Gasteiger partial charge in [-0.2, -0.15) is 0 Å². The molecular formula is C3H3FSe2. The minimum absolute atomic E-state index is 0.805. The average molecular weight is 216 g/mol. The second-order valence-electron chi connectivity index (χ2n) is 0.554. The summed E-state index contributed by atoms with van der Waals surface area (Å²) in [5.74, 6) is 0. The molecule has 0 rings (SSSR count). The van der Waals surface area contributed by atoms with Gasteiger partial charge in [0, 0.05) is 0 Å². The van der Waals surface area contributed by atoms with Crippen molar-refractivity contribution in [2.24, 2.45) is 0 Å². The van der Waals surface area contributed by atoms with Gasteiger partial charge in [0.25, 0.3) is 0 Å². The Kier molecular flexibility index (Phi) is 6.12. The molecule has 0 aromatic carbocycles. The van der Waals surface area contributed by atoms with Crippen LogP contribution < -0.4 is 0 Å². The van der Waals surface area contributed by atoms with E-state index >= 15 is 0 Å². The summed E-state index contributed by atoms with van der Waals surface area (Å²) in [7, 11) is 0. The molecule has 0 aliphatic carbocycles. The molecule has 34 valence electrons. The van der Waals surface area contributed by atoms with Crippen LogP contribution in [0.2, 0.25) is 0 Å². The van der Waals surface area contributed by atoms with Gasteiger partial charge in [0.15, 0.2) is 0 Å². The summed E-state index contributed by atoms with van der Waals surface area (Å²) in [6.07, 6.45) is 1.65. The fourth-order valence-electron chi connectivity index (χ4n) is 0.0618. The van der Waals surface area contributed by atoms with Crippen LogP contribution in [0.25, 0.3) is 0 Å². The first-order chi connectivity index (χ1) is 2.91. The predicted octanol–water partition coefficient (Wildman–Crippen LogP) is 0.0595. The maximum absolute atomic E-state index is 11.1. The molecule has 0 saturated carbocycles. The van der Waals surface area contributed by atoms with Gasteiger partial charge in [-0.15, -0.1) is 0 Å². The van der Waals surface area contributed by atoms with Gasteiger partial charge in [-0.25, -0.2) is 0 Å². The van der Waals surface area contributed by atoms with E-state index < -0.39 is 15.4 Å². The van der Waals surface area contributed by atoms with Gasteiger partial charge in [-0.1, -0.05) is 0 Å². The minimum atomic E-state index is -0.805. The molecule has 0 saturated heterocycles. The predicted molar refractivity (Wildman–Crippen MR) is 27.8 cm³/mol. The van der Waals surface area contributed by atoms with Crippen molar-refractivity contribution in [1.82, 2.24) is 0 Å². The second kappa shape index (κ2) is 5.58. The molecule has 0 radical (unpaired) electrons. The number of hydrogen-bond acceptors (Lipinski definition) is 0. The zero-order valence-electron chi connectivity index (χ0n) is 2.93. The Labute approximate surface area is 50.8 Å². The van der Waals surface area contributed by atoms with E-state index in [0.717, 1.165) is 0 Å². The van der Waals surface area contributed by atoms with Gasteiger partial charge < -0.3 is 0 Å². The van der Waals surface area contributed by atoms with Crippen LogP contribution in [-0.2, 0) is 0 Å². The zero-order valence-corrected chi connectivity index (χ0v) is 6.35. The van der Waals surface area contributed by atoms with Crippen molar-refractivity contribution in [1.29, 1.82) is 0 Å². The summed E-state index contributed by atoms with van der Waals surface area (Å²) in [5.41, 5.74) is 0. The van der Waals surface area contributed by atoms with Crippen molar-refractivity contribution in [3.05, 3.63) is 11.1 Å². The Morgan fingerprint density at radius 3 is 2.50 bits per heavy atom. The molecule has 0 spiro atoms. The number of rotatable bonds is 2. The topological polar surface area (TPSA) is 0 Å². The first-order valence-electron chi connectivity index (χ1n) is 1.29. The molecule has 0 unspecified atom stereocenters. The Hall–Kier alpha value is 0.579. The average Bonchev–Trinajstić information content (AvgIpc) is 1.61.